The molecule has 2 aliphatic heterocycles. The number of carbonyl (C=O) groups excluding carboxylic acids is 2. The summed E-state index contributed by atoms with van der Waals surface area (Å²) in [7, 11) is 0. The van der Waals surface area contributed by atoms with E-state index in [9.17, 15) is 18.4 Å². The zero-order chi connectivity index (χ0) is 28.5. The van der Waals surface area contributed by atoms with Gasteiger partial charge in [-0.25, -0.2) is 18.3 Å². The average molecular weight is 562 g/mol. The van der Waals surface area contributed by atoms with Crippen LogP contribution in [0.5, 0.6) is 0 Å². The summed E-state index contributed by atoms with van der Waals surface area (Å²) in [5, 5.41) is 16.2. The lowest BCUT2D eigenvalue weighted by molar-refractivity contribution is -0.134. The number of piperazine rings is 1. The fourth-order valence-corrected chi connectivity index (χ4v) is 5.58. The van der Waals surface area contributed by atoms with Crippen molar-refractivity contribution in [3.63, 3.8) is 0 Å². The normalized spacial score (nSPS) is 17.3. The van der Waals surface area contributed by atoms with Gasteiger partial charge in [-0.2, -0.15) is 5.10 Å². The summed E-state index contributed by atoms with van der Waals surface area (Å²) in [6, 6.07) is 12.3. The summed E-state index contributed by atoms with van der Waals surface area (Å²) in [5.74, 6) is -1.03. The SMILES string of the molecule is O=C(Nc1ccc(N2CCN(C(=O)CO)CC2)cc1)c1cnn2ccc(N3CCCC3c3cc(F)ccc3F)nc12. The number of hydrogen-bond acceptors (Lipinski definition) is 7. The third-order valence-corrected chi connectivity index (χ3v) is 7.72. The Hall–Kier alpha value is -4.58. The number of anilines is 3. The van der Waals surface area contributed by atoms with Gasteiger partial charge in [-0.3, -0.25) is 9.59 Å². The fraction of sp³-hybridized carbons (Fsp3) is 0.310. The molecule has 0 bridgehead atoms. The molecule has 4 aromatic rings. The van der Waals surface area contributed by atoms with Gasteiger partial charge in [0.05, 0.1) is 12.2 Å². The Balaban J connectivity index is 1.17. The van der Waals surface area contributed by atoms with E-state index in [-0.39, 0.29) is 23.4 Å². The third-order valence-electron chi connectivity index (χ3n) is 7.72. The number of fused-ring (bicyclic) bond motifs is 1. The molecule has 0 radical (unpaired) electrons. The molecule has 2 amide bonds. The lowest BCUT2D eigenvalue weighted by Gasteiger charge is -2.35. The number of aliphatic hydroxyl groups excluding tert-OH is 1. The molecular weight excluding hydrogens is 532 g/mol. The third kappa shape index (κ3) is 5.30. The van der Waals surface area contributed by atoms with E-state index in [0.29, 0.717) is 61.9 Å². The second kappa shape index (κ2) is 11.1. The Morgan fingerprint density at radius 1 is 1.00 bits per heavy atom. The number of benzene rings is 2. The first-order valence-corrected chi connectivity index (χ1v) is 13.5. The first-order valence-electron chi connectivity index (χ1n) is 13.5. The fourth-order valence-electron chi connectivity index (χ4n) is 5.58. The summed E-state index contributed by atoms with van der Waals surface area (Å²) in [5.41, 5.74) is 2.51. The number of nitrogens with one attached hydrogen (secondary N) is 1. The molecule has 212 valence electrons. The molecule has 2 aromatic carbocycles. The minimum absolute atomic E-state index is 0.266. The zero-order valence-corrected chi connectivity index (χ0v) is 22.2. The molecule has 2 aliphatic rings. The minimum Gasteiger partial charge on any atom is -0.387 e. The van der Waals surface area contributed by atoms with Crippen LogP contribution >= 0.6 is 0 Å². The van der Waals surface area contributed by atoms with Crippen molar-refractivity contribution in [3.05, 3.63) is 83.7 Å². The first kappa shape index (κ1) is 26.6. The van der Waals surface area contributed by atoms with E-state index in [2.05, 4.69) is 15.3 Å². The standard InChI is InChI=1S/C29H29F2N7O3/c30-19-3-8-24(31)22(16-19)25-2-1-10-37(25)26-9-11-38-28(34-26)23(17-32-38)29(41)33-20-4-6-21(7-5-20)35-12-14-36(15-13-35)27(40)18-39/h3-9,11,16-17,25,39H,1-2,10,12-15,18H2,(H,33,41). The summed E-state index contributed by atoms with van der Waals surface area (Å²) in [6.45, 7) is 2.52. The molecule has 0 saturated carbocycles. The molecule has 2 N–H and O–H groups in total. The van der Waals surface area contributed by atoms with Crippen molar-refractivity contribution in [1.82, 2.24) is 19.5 Å². The van der Waals surface area contributed by atoms with E-state index in [4.69, 9.17) is 10.1 Å². The van der Waals surface area contributed by atoms with Crippen LogP contribution in [0.4, 0.5) is 26.0 Å². The highest BCUT2D eigenvalue weighted by Gasteiger charge is 2.30. The van der Waals surface area contributed by atoms with Crippen LogP contribution < -0.4 is 15.1 Å². The Kier molecular flexibility index (Phi) is 7.23. The molecule has 41 heavy (non-hydrogen) atoms. The van der Waals surface area contributed by atoms with Crippen LogP contribution in [0.25, 0.3) is 5.65 Å². The number of rotatable bonds is 6. The van der Waals surface area contributed by atoms with Gasteiger partial charge in [-0.1, -0.05) is 0 Å². The van der Waals surface area contributed by atoms with Gasteiger partial charge in [0.25, 0.3) is 5.91 Å². The topological polar surface area (TPSA) is 106 Å². The van der Waals surface area contributed by atoms with Crippen molar-refractivity contribution in [1.29, 1.82) is 0 Å². The zero-order valence-electron chi connectivity index (χ0n) is 22.2. The van der Waals surface area contributed by atoms with E-state index in [1.54, 1.807) is 17.2 Å². The molecular formula is C29H29F2N7O3. The molecule has 10 nitrogen and oxygen atoms in total. The van der Waals surface area contributed by atoms with Crippen molar-refractivity contribution in [3.8, 4) is 0 Å². The van der Waals surface area contributed by atoms with Gasteiger partial charge in [0.15, 0.2) is 5.65 Å². The Labute approximate surface area is 234 Å². The van der Waals surface area contributed by atoms with E-state index >= 15 is 0 Å². The highest BCUT2D eigenvalue weighted by molar-refractivity contribution is 6.08. The summed E-state index contributed by atoms with van der Waals surface area (Å²) < 4.78 is 30.0. The highest BCUT2D eigenvalue weighted by Crippen LogP contribution is 2.37. The monoisotopic (exact) mass is 561 g/mol. The number of carbonyl (C=O) groups is 2. The highest BCUT2D eigenvalue weighted by atomic mass is 19.1. The number of halogens is 2. The van der Waals surface area contributed by atoms with Crippen LogP contribution in [-0.4, -0.2) is 75.7 Å². The molecule has 4 heterocycles. The largest absolute Gasteiger partial charge is 0.387 e. The molecule has 12 heteroatoms. The van der Waals surface area contributed by atoms with Crippen molar-refractivity contribution >= 4 is 34.7 Å². The molecule has 1 unspecified atom stereocenters. The minimum atomic E-state index is -0.489. The molecule has 1 atom stereocenters. The Morgan fingerprint density at radius 2 is 1.78 bits per heavy atom. The number of aromatic nitrogens is 3. The van der Waals surface area contributed by atoms with Gasteiger partial charge in [-0.05, 0) is 61.4 Å². The average Bonchev–Trinajstić information content (AvgIpc) is 3.66. The van der Waals surface area contributed by atoms with Gasteiger partial charge in [0, 0.05) is 55.9 Å². The second-order valence-electron chi connectivity index (χ2n) is 10.2. The van der Waals surface area contributed by atoms with E-state index in [0.717, 1.165) is 24.2 Å². The molecule has 2 aromatic heterocycles. The lowest BCUT2D eigenvalue weighted by atomic mass is 10.0. The molecule has 0 spiro atoms. The van der Waals surface area contributed by atoms with Crippen molar-refractivity contribution in [2.24, 2.45) is 0 Å². The van der Waals surface area contributed by atoms with Gasteiger partial charge in [-0.15, -0.1) is 0 Å². The number of hydrogen-bond donors (Lipinski definition) is 2. The molecule has 0 aliphatic carbocycles. The van der Waals surface area contributed by atoms with Gasteiger partial charge in [0.1, 0.15) is 29.6 Å². The smallest absolute Gasteiger partial charge is 0.261 e. The van der Waals surface area contributed by atoms with Gasteiger partial charge >= 0.3 is 0 Å². The maximum Gasteiger partial charge on any atom is 0.261 e. The quantitative estimate of drug-likeness (QED) is 0.372. The molecule has 2 saturated heterocycles. The van der Waals surface area contributed by atoms with Crippen LogP contribution in [0.3, 0.4) is 0 Å². The van der Waals surface area contributed by atoms with Gasteiger partial charge in [0.2, 0.25) is 5.91 Å². The van der Waals surface area contributed by atoms with Crippen LogP contribution in [-0.2, 0) is 4.79 Å². The van der Waals surface area contributed by atoms with Crippen molar-refractivity contribution in [2.45, 2.75) is 18.9 Å². The summed E-state index contributed by atoms with van der Waals surface area (Å²) >= 11 is 0. The predicted molar refractivity (Wildman–Crippen MR) is 149 cm³/mol. The van der Waals surface area contributed by atoms with Crippen LogP contribution in [0.2, 0.25) is 0 Å². The van der Waals surface area contributed by atoms with E-state index < -0.39 is 18.2 Å². The van der Waals surface area contributed by atoms with Gasteiger partial charge < -0.3 is 25.1 Å². The van der Waals surface area contributed by atoms with Crippen molar-refractivity contribution in [2.75, 3.05) is 54.4 Å². The van der Waals surface area contributed by atoms with Crippen LogP contribution in [0.1, 0.15) is 34.8 Å². The summed E-state index contributed by atoms with van der Waals surface area (Å²) in [4.78, 5) is 35.4. The van der Waals surface area contributed by atoms with Crippen molar-refractivity contribution < 1.29 is 23.5 Å². The lowest BCUT2D eigenvalue weighted by Crippen LogP contribution is -2.49. The second-order valence-corrected chi connectivity index (χ2v) is 10.2. The number of nitrogens with zero attached hydrogens (tertiary/aromatic N) is 6. The Bertz CT molecular complexity index is 1590. The maximum absolute atomic E-state index is 14.6. The summed E-state index contributed by atoms with van der Waals surface area (Å²) in [6.07, 6.45) is 4.62. The first-order chi connectivity index (χ1) is 19.9. The van der Waals surface area contributed by atoms with E-state index in [1.807, 2.05) is 29.2 Å². The molecule has 6 rings (SSSR count). The van der Waals surface area contributed by atoms with Crippen LogP contribution in [0.15, 0.2) is 60.9 Å². The Morgan fingerprint density at radius 3 is 2.54 bits per heavy atom. The van der Waals surface area contributed by atoms with E-state index in [1.165, 1.54) is 16.8 Å². The number of amides is 2. The number of aliphatic hydroxyl groups is 1. The molecule has 2 fully saturated rings. The maximum atomic E-state index is 14.6. The predicted octanol–water partition coefficient (Wildman–Crippen LogP) is 3.24. The van der Waals surface area contributed by atoms with Crippen LogP contribution in [0, 0.1) is 11.6 Å².